The highest BCUT2D eigenvalue weighted by Gasteiger charge is 2.23. The molecule has 0 spiro atoms. The average molecular weight is 441 g/mol. The van der Waals surface area contributed by atoms with Crippen molar-refractivity contribution >= 4 is 5.91 Å². The van der Waals surface area contributed by atoms with Crippen molar-refractivity contribution in [2.24, 2.45) is 0 Å². The van der Waals surface area contributed by atoms with Crippen LogP contribution in [0.3, 0.4) is 0 Å². The van der Waals surface area contributed by atoms with Crippen molar-refractivity contribution in [3.05, 3.63) is 77.8 Å². The van der Waals surface area contributed by atoms with E-state index in [1.807, 2.05) is 0 Å². The van der Waals surface area contributed by atoms with E-state index in [2.05, 4.69) is 15.2 Å². The molecule has 1 atom stereocenters. The lowest BCUT2D eigenvalue weighted by Gasteiger charge is -2.35. The Labute approximate surface area is 185 Å². The number of benzene rings is 2. The van der Waals surface area contributed by atoms with Crippen LogP contribution in [-0.2, 0) is 16.0 Å². The van der Waals surface area contributed by atoms with Crippen LogP contribution in [0.15, 0.2) is 59.1 Å². The summed E-state index contributed by atoms with van der Waals surface area (Å²) in [6, 6.07) is 12.6. The maximum Gasteiger partial charge on any atom is 0.220 e. The SMILES string of the molecule is O=C(CCc1ncc(-c2ccccc2F)o1)NC[C@H](c1ccc(F)cc1)N1CCOCC1. The van der Waals surface area contributed by atoms with Gasteiger partial charge in [0.25, 0.3) is 0 Å². The van der Waals surface area contributed by atoms with Gasteiger partial charge in [-0.05, 0) is 29.8 Å². The number of amides is 1. The molecule has 1 N–H and O–H groups in total. The molecule has 3 aromatic rings. The fraction of sp³-hybridized carbons (Fsp3) is 0.333. The Kier molecular flexibility index (Phi) is 7.24. The van der Waals surface area contributed by atoms with Gasteiger partial charge in [-0.3, -0.25) is 9.69 Å². The standard InChI is InChI=1S/C24H25F2N3O3/c25-18-7-5-17(6-8-18)21(29-11-13-31-14-12-29)15-27-23(30)9-10-24-28-16-22(32-24)19-3-1-2-4-20(19)26/h1-8,16,21H,9-15H2,(H,27,30)/t21-/m1/s1. The van der Waals surface area contributed by atoms with E-state index in [0.717, 1.165) is 18.7 Å². The molecular weight excluding hydrogens is 416 g/mol. The quantitative estimate of drug-likeness (QED) is 0.577. The summed E-state index contributed by atoms with van der Waals surface area (Å²) in [5, 5.41) is 2.97. The van der Waals surface area contributed by atoms with Crippen molar-refractivity contribution in [2.45, 2.75) is 18.9 Å². The number of hydrogen-bond donors (Lipinski definition) is 1. The largest absolute Gasteiger partial charge is 0.441 e. The second-order valence-corrected chi connectivity index (χ2v) is 7.62. The predicted molar refractivity (Wildman–Crippen MR) is 115 cm³/mol. The number of halogens is 2. The second-order valence-electron chi connectivity index (χ2n) is 7.62. The molecule has 1 aliphatic heterocycles. The second kappa shape index (κ2) is 10.5. The molecule has 1 aliphatic rings. The van der Waals surface area contributed by atoms with Crippen LogP contribution in [0, 0.1) is 11.6 Å². The average Bonchev–Trinajstić information content (AvgIpc) is 3.29. The molecule has 6 nitrogen and oxygen atoms in total. The molecule has 168 valence electrons. The third-order valence-electron chi connectivity index (χ3n) is 5.49. The first-order chi connectivity index (χ1) is 15.6. The Morgan fingerprint density at radius 2 is 1.84 bits per heavy atom. The van der Waals surface area contributed by atoms with E-state index in [-0.39, 0.29) is 30.0 Å². The molecule has 8 heteroatoms. The van der Waals surface area contributed by atoms with Crippen LogP contribution in [0.5, 0.6) is 0 Å². The van der Waals surface area contributed by atoms with Gasteiger partial charge in [-0.1, -0.05) is 24.3 Å². The Morgan fingerprint density at radius 1 is 1.09 bits per heavy atom. The van der Waals surface area contributed by atoms with Crippen LogP contribution in [0.4, 0.5) is 8.78 Å². The van der Waals surface area contributed by atoms with Crippen molar-refractivity contribution in [3.8, 4) is 11.3 Å². The Hall–Kier alpha value is -3.10. The number of carbonyl (C=O) groups excluding carboxylic acids is 1. The van der Waals surface area contributed by atoms with Gasteiger partial charge in [0.2, 0.25) is 5.91 Å². The highest BCUT2D eigenvalue weighted by Crippen LogP contribution is 2.24. The highest BCUT2D eigenvalue weighted by atomic mass is 19.1. The number of hydrogen-bond acceptors (Lipinski definition) is 5. The van der Waals surface area contributed by atoms with Crippen LogP contribution < -0.4 is 5.32 Å². The molecule has 0 unspecified atom stereocenters. The van der Waals surface area contributed by atoms with E-state index in [0.29, 0.717) is 43.4 Å². The van der Waals surface area contributed by atoms with E-state index in [9.17, 15) is 13.6 Å². The van der Waals surface area contributed by atoms with Crippen molar-refractivity contribution in [3.63, 3.8) is 0 Å². The molecule has 1 aromatic heterocycles. The van der Waals surface area contributed by atoms with E-state index in [1.165, 1.54) is 24.4 Å². The van der Waals surface area contributed by atoms with E-state index in [1.54, 1.807) is 30.3 Å². The summed E-state index contributed by atoms with van der Waals surface area (Å²) in [5.74, 6) is -0.109. The minimum absolute atomic E-state index is 0.0714. The van der Waals surface area contributed by atoms with Crippen molar-refractivity contribution < 1.29 is 22.7 Å². The number of ether oxygens (including phenoxy) is 1. The van der Waals surface area contributed by atoms with Crippen LogP contribution in [0.25, 0.3) is 11.3 Å². The molecular formula is C24H25F2N3O3. The van der Waals surface area contributed by atoms with Crippen LogP contribution in [0.2, 0.25) is 0 Å². The summed E-state index contributed by atoms with van der Waals surface area (Å²) in [4.78, 5) is 18.9. The number of rotatable bonds is 8. The van der Waals surface area contributed by atoms with Gasteiger partial charge in [0, 0.05) is 32.5 Å². The number of oxazole rings is 1. The molecule has 1 saturated heterocycles. The minimum atomic E-state index is -0.386. The highest BCUT2D eigenvalue weighted by molar-refractivity contribution is 5.76. The molecule has 0 aliphatic carbocycles. The van der Waals surface area contributed by atoms with Crippen molar-refractivity contribution in [1.29, 1.82) is 0 Å². The normalized spacial score (nSPS) is 15.4. The van der Waals surface area contributed by atoms with Crippen LogP contribution in [0.1, 0.15) is 23.9 Å². The number of aryl methyl sites for hydroxylation is 1. The molecule has 0 saturated carbocycles. The van der Waals surface area contributed by atoms with Gasteiger partial charge in [-0.25, -0.2) is 13.8 Å². The molecule has 32 heavy (non-hydrogen) atoms. The Morgan fingerprint density at radius 3 is 2.59 bits per heavy atom. The zero-order chi connectivity index (χ0) is 22.3. The maximum absolute atomic E-state index is 13.9. The van der Waals surface area contributed by atoms with Gasteiger partial charge in [-0.15, -0.1) is 0 Å². The maximum atomic E-state index is 13.9. The number of aromatic nitrogens is 1. The van der Waals surface area contributed by atoms with E-state index < -0.39 is 0 Å². The number of morpholine rings is 1. The van der Waals surface area contributed by atoms with Gasteiger partial charge in [0.05, 0.1) is 31.0 Å². The minimum Gasteiger partial charge on any atom is -0.441 e. The van der Waals surface area contributed by atoms with Crippen molar-refractivity contribution in [1.82, 2.24) is 15.2 Å². The molecule has 2 heterocycles. The molecule has 0 radical (unpaired) electrons. The van der Waals surface area contributed by atoms with Crippen molar-refractivity contribution in [2.75, 3.05) is 32.8 Å². The monoisotopic (exact) mass is 441 g/mol. The molecule has 1 amide bonds. The third kappa shape index (κ3) is 5.57. The predicted octanol–water partition coefficient (Wildman–Crippen LogP) is 3.74. The first-order valence-electron chi connectivity index (χ1n) is 10.6. The van der Waals surface area contributed by atoms with Gasteiger partial charge in [0.1, 0.15) is 11.6 Å². The summed E-state index contributed by atoms with van der Waals surface area (Å²) in [5.41, 5.74) is 1.28. The topological polar surface area (TPSA) is 67.6 Å². The van der Waals surface area contributed by atoms with E-state index in [4.69, 9.17) is 9.15 Å². The molecule has 0 bridgehead atoms. The first kappa shape index (κ1) is 22.1. The first-order valence-corrected chi connectivity index (χ1v) is 10.6. The summed E-state index contributed by atoms with van der Waals surface area (Å²) in [7, 11) is 0. The number of nitrogens with zero attached hydrogens (tertiary/aromatic N) is 2. The Balaban J connectivity index is 1.33. The lowest BCUT2D eigenvalue weighted by Crippen LogP contribution is -2.43. The summed E-state index contributed by atoms with van der Waals surface area (Å²) in [6.45, 7) is 3.14. The molecule has 1 fully saturated rings. The lowest BCUT2D eigenvalue weighted by molar-refractivity contribution is -0.121. The summed E-state index contributed by atoms with van der Waals surface area (Å²) in [6.07, 6.45) is 1.96. The summed E-state index contributed by atoms with van der Waals surface area (Å²) >= 11 is 0. The zero-order valence-electron chi connectivity index (χ0n) is 17.6. The number of nitrogens with one attached hydrogen (secondary N) is 1. The third-order valence-corrected chi connectivity index (χ3v) is 5.49. The molecule has 4 rings (SSSR count). The smallest absolute Gasteiger partial charge is 0.220 e. The molecule has 2 aromatic carbocycles. The Bertz CT molecular complexity index is 1030. The number of carbonyl (C=O) groups is 1. The van der Waals surface area contributed by atoms with Crippen LogP contribution in [-0.4, -0.2) is 48.6 Å². The fourth-order valence-corrected chi connectivity index (χ4v) is 3.76. The zero-order valence-corrected chi connectivity index (χ0v) is 17.6. The lowest BCUT2D eigenvalue weighted by atomic mass is 10.0. The van der Waals surface area contributed by atoms with Crippen LogP contribution >= 0.6 is 0 Å². The summed E-state index contributed by atoms with van der Waals surface area (Å²) < 4.78 is 38.3. The van der Waals surface area contributed by atoms with Gasteiger partial charge in [-0.2, -0.15) is 0 Å². The van der Waals surface area contributed by atoms with Gasteiger partial charge >= 0.3 is 0 Å². The fourth-order valence-electron chi connectivity index (χ4n) is 3.76. The van der Waals surface area contributed by atoms with E-state index >= 15 is 0 Å². The van der Waals surface area contributed by atoms with Gasteiger partial charge < -0.3 is 14.5 Å². The van der Waals surface area contributed by atoms with Gasteiger partial charge in [0.15, 0.2) is 11.7 Å².